The van der Waals surface area contributed by atoms with E-state index in [-0.39, 0.29) is 29.8 Å². The molecule has 3 amide bonds. The largest absolute Gasteiger partial charge is 0.346 e. The highest BCUT2D eigenvalue weighted by Crippen LogP contribution is 2.14. The van der Waals surface area contributed by atoms with E-state index in [9.17, 15) is 14.0 Å². The minimum Gasteiger partial charge on any atom is -0.346 e. The fraction of sp³-hybridized carbons (Fsp3) is 0.300. The fourth-order valence-electron chi connectivity index (χ4n) is 2.38. The maximum Gasteiger partial charge on any atom is 0.315 e. The molecule has 0 fully saturated rings. The van der Waals surface area contributed by atoms with E-state index in [0.29, 0.717) is 12.1 Å². The summed E-state index contributed by atoms with van der Waals surface area (Å²) in [5, 5.41) is 8.38. The summed E-state index contributed by atoms with van der Waals surface area (Å²) in [5.74, 6) is -0.516. The van der Waals surface area contributed by atoms with Gasteiger partial charge in [0.1, 0.15) is 5.82 Å². The highest BCUT2D eigenvalue weighted by atomic mass is 19.1. The van der Waals surface area contributed by atoms with Crippen LogP contribution in [0.1, 0.15) is 48.3 Å². The summed E-state index contributed by atoms with van der Waals surface area (Å²) in [4.78, 5) is 23.9. The Morgan fingerprint density at radius 2 is 1.54 bits per heavy atom. The number of nitrogens with one attached hydrogen (secondary N) is 3. The molecule has 0 aliphatic carbocycles. The quantitative estimate of drug-likeness (QED) is 0.740. The molecule has 0 saturated carbocycles. The van der Waals surface area contributed by atoms with E-state index in [1.54, 1.807) is 36.4 Å². The zero-order valence-corrected chi connectivity index (χ0v) is 15.2. The lowest BCUT2D eigenvalue weighted by atomic mass is 10.1. The zero-order chi connectivity index (χ0) is 19.1. The lowest BCUT2D eigenvalue weighted by Crippen LogP contribution is -2.39. The van der Waals surface area contributed by atoms with E-state index in [1.165, 1.54) is 12.1 Å². The van der Waals surface area contributed by atoms with E-state index in [1.807, 2.05) is 20.8 Å². The SMILES string of the molecule is CC(C)NC(=O)NCc1ccc(C(=O)NC(C)c2ccc(F)cc2)cc1. The van der Waals surface area contributed by atoms with Crippen LogP contribution in [0.15, 0.2) is 48.5 Å². The van der Waals surface area contributed by atoms with Crippen LogP contribution < -0.4 is 16.0 Å². The molecule has 0 bridgehead atoms. The molecule has 1 unspecified atom stereocenters. The molecular formula is C20H24FN3O2. The summed E-state index contributed by atoms with van der Waals surface area (Å²) in [5.41, 5.74) is 2.25. The van der Waals surface area contributed by atoms with E-state index < -0.39 is 0 Å². The van der Waals surface area contributed by atoms with Gasteiger partial charge < -0.3 is 16.0 Å². The van der Waals surface area contributed by atoms with Gasteiger partial charge in [-0.05, 0) is 56.2 Å². The minimum absolute atomic E-state index is 0.0733. The molecule has 2 rings (SSSR count). The third-order valence-corrected chi connectivity index (χ3v) is 3.81. The number of amides is 3. The lowest BCUT2D eigenvalue weighted by molar-refractivity contribution is 0.0940. The number of halogens is 1. The number of carbonyl (C=O) groups excluding carboxylic acids is 2. The number of benzene rings is 2. The van der Waals surface area contributed by atoms with E-state index in [2.05, 4.69) is 16.0 Å². The van der Waals surface area contributed by atoms with Crippen molar-refractivity contribution in [2.24, 2.45) is 0 Å². The molecule has 0 aliphatic heterocycles. The molecule has 0 heterocycles. The van der Waals surface area contributed by atoms with Crippen LogP contribution in [0.2, 0.25) is 0 Å². The van der Waals surface area contributed by atoms with Gasteiger partial charge in [-0.2, -0.15) is 0 Å². The van der Waals surface area contributed by atoms with Gasteiger partial charge in [0, 0.05) is 18.2 Å². The second-order valence-corrected chi connectivity index (χ2v) is 6.43. The van der Waals surface area contributed by atoms with Gasteiger partial charge in [0.2, 0.25) is 0 Å². The van der Waals surface area contributed by atoms with Crippen LogP contribution in [-0.4, -0.2) is 18.0 Å². The third-order valence-electron chi connectivity index (χ3n) is 3.81. The first-order valence-corrected chi connectivity index (χ1v) is 8.55. The Kier molecular flexibility index (Phi) is 6.72. The molecule has 0 radical (unpaired) electrons. The average Bonchev–Trinajstić information content (AvgIpc) is 2.60. The Hall–Kier alpha value is -2.89. The standard InChI is InChI=1S/C20H24FN3O2/c1-13(2)23-20(26)22-12-15-4-6-17(7-5-15)19(25)24-14(3)16-8-10-18(21)11-9-16/h4-11,13-14H,12H2,1-3H3,(H,24,25)(H2,22,23,26). The average molecular weight is 357 g/mol. The minimum atomic E-state index is -0.307. The predicted octanol–water partition coefficient (Wildman–Crippen LogP) is 3.52. The molecule has 0 aromatic heterocycles. The van der Waals surface area contributed by atoms with Gasteiger partial charge in [-0.3, -0.25) is 4.79 Å². The topological polar surface area (TPSA) is 70.2 Å². The van der Waals surface area contributed by atoms with Crippen LogP contribution in [0, 0.1) is 5.82 Å². The number of urea groups is 1. The smallest absolute Gasteiger partial charge is 0.315 e. The van der Waals surface area contributed by atoms with E-state index in [0.717, 1.165) is 11.1 Å². The van der Waals surface area contributed by atoms with Crippen molar-refractivity contribution in [2.45, 2.75) is 39.4 Å². The number of hydrogen-bond acceptors (Lipinski definition) is 2. The zero-order valence-electron chi connectivity index (χ0n) is 15.2. The number of hydrogen-bond donors (Lipinski definition) is 3. The van der Waals surface area contributed by atoms with E-state index >= 15 is 0 Å². The Labute approximate surface area is 153 Å². The van der Waals surface area contributed by atoms with Gasteiger partial charge >= 0.3 is 6.03 Å². The fourth-order valence-corrected chi connectivity index (χ4v) is 2.38. The first-order chi connectivity index (χ1) is 12.3. The van der Waals surface area contributed by atoms with Gasteiger partial charge in [-0.15, -0.1) is 0 Å². The molecule has 0 saturated heterocycles. The Morgan fingerprint density at radius 1 is 0.923 bits per heavy atom. The van der Waals surface area contributed by atoms with E-state index in [4.69, 9.17) is 0 Å². The van der Waals surface area contributed by atoms with Crippen LogP contribution in [0.5, 0.6) is 0 Å². The second kappa shape index (κ2) is 8.99. The summed E-state index contributed by atoms with van der Waals surface area (Å²) in [6.45, 7) is 6.00. The van der Waals surface area contributed by atoms with Crippen LogP contribution in [0.3, 0.4) is 0 Å². The monoisotopic (exact) mass is 357 g/mol. The van der Waals surface area contributed by atoms with Crippen LogP contribution >= 0.6 is 0 Å². The predicted molar refractivity (Wildman–Crippen MR) is 99.2 cm³/mol. The number of rotatable bonds is 6. The molecule has 6 heteroatoms. The molecule has 1 atom stereocenters. The Bertz CT molecular complexity index is 743. The van der Waals surface area contributed by atoms with Gasteiger partial charge in [0.05, 0.1) is 6.04 Å². The summed E-state index contributed by atoms with van der Waals surface area (Å²) >= 11 is 0. The summed E-state index contributed by atoms with van der Waals surface area (Å²) < 4.78 is 13.0. The molecule has 0 spiro atoms. The molecule has 3 N–H and O–H groups in total. The lowest BCUT2D eigenvalue weighted by Gasteiger charge is -2.15. The van der Waals surface area contributed by atoms with Crippen molar-refractivity contribution < 1.29 is 14.0 Å². The van der Waals surface area contributed by atoms with Crippen LogP contribution in [0.4, 0.5) is 9.18 Å². The second-order valence-electron chi connectivity index (χ2n) is 6.43. The third kappa shape index (κ3) is 5.88. The van der Waals surface area contributed by atoms with Crippen molar-refractivity contribution in [1.82, 2.24) is 16.0 Å². The molecule has 2 aromatic carbocycles. The van der Waals surface area contributed by atoms with Crippen molar-refractivity contribution >= 4 is 11.9 Å². The Balaban J connectivity index is 1.89. The van der Waals surface area contributed by atoms with Crippen molar-refractivity contribution in [2.75, 3.05) is 0 Å². The highest BCUT2D eigenvalue weighted by molar-refractivity contribution is 5.94. The summed E-state index contributed by atoms with van der Waals surface area (Å²) in [6.07, 6.45) is 0. The Morgan fingerprint density at radius 3 is 2.12 bits per heavy atom. The van der Waals surface area contributed by atoms with Crippen LogP contribution in [-0.2, 0) is 6.54 Å². The van der Waals surface area contributed by atoms with Crippen molar-refractivity contribution in [3.63, 3.8) is 0 Å². The normalized spacial score (nSPS) is 11.7. The van der Waals surface area contributed by atoms with Crippen LogP contribution in [0.25, 0.3) is 0 Å². The molecule has 26 heavy (non-hydrogen) atoms. The van der Waals surface area contributed by atoms with Crippen molar-refractivity contribution in [3.8, 4) is 0 Å². The molecular weight excluding hydrogens is 333 g/mol. The highest BCUT2D eigenvalue weighted by Gasteiger charge is 2.11. The van der Waals surface area contributed by atoms with Gasteiger partial charge in [-0.1, -0.05) is 24.3 Å². The molecule has 0 aliphatic rings. The van der Waals surface area contributed by atoms with Gasteiger partial charge in [0.15, 0.2) is 0 Å². The molecule has 2 aromatic rings. The first kappa shape index (κ1) is 19.4. The maximum atomic E-state index is 13.0. The summed E-state index contributed by atoms with van der Waals surface area (Å²) in [7, 11) is 0. The summed E-state index contributed by atoms with van der Waals surface area (Å²) in [6, 6.07) is 12.7. The maximum absolute atomic E-state index is 13.0. The first-order valence-electron chi connectivity index (χ1n) is 8.55. The van der Waals surface area contributed by atoms with Gasteiger partial charge in [-0.25, -0.2) is 9.18 Å². The van der Waals surface area contributed by atoms with Crippen molar-refractivity contribution in [1.29, 1.82) is 0 Å². The van der Waals surface area contributed by atoms with Gasteiger partial charge in [0.25, 0.3) is 5.91 Å². The molecule has 5 nitrogen and oxygen atoms in total. The van der Waals surface area contributed by atoms with Crippen molar-refractivity contribution in [3.05, 3.63) is 71.0 Å². The number of carbonyl (C=O) groups is 2. The molecule has 138 valence electrons.